The van der Waals surface area contributed by atoms with E-state index in [-0.39, 0.29) is 23.8 Å². The van der Waals surface area contributed by atoms with Crippen LogP contribution in [-0.4, -0.2) is 52.2 Å². The third-order valence-corrected chi connectivity index (χ3v) is 7.12. The van der Waals surface area contributed by atoms with Crippen LogP contribution in [0.1, 0.15) is 62.8 Å². The number of amides is 2. The largest absolute Gasteiger partial charge is 0.353 e. The van der Waals surface area contributed by atoms with E-state index in [2.05, 4.69) is 20.6 Å². The van der Waals surface area contributed by atoms with Crippen LogP contribution >= 0.6 is 0 Å². The van der Waals surface area contributed by atoms with Crippen LogP contribution in [0.25, 0.3) is 5.69 Å². The van der Waals surface area contributed by atoms with Crippen LogP contribution in [0.4, 0.5) is 5.69 Å². The monoisotopic (exact) mass is 451 g/mol. The van der Waals surface area contributed by atoms with Gasteiger partial charge < -0.3 is 15.5 Å². The number of carbonyl (C=O) groups excluding carboxylic acids is 2. The van der Waals surface area contributed by atoms with E-state index in [1.54, 1.807) is 0 Å². The molecule has 33 heavy (non-hydrogen) atoms. The highest BCUT2D eigenvalue weighted by molar-refractivity contribution is 5.92. The van der Waals surface area contributed by atoms with E-state index in [0.29, 0.717) is 6.42 Å². The highest BCUT2D eigenvalue weighted by Crippen LogP contribution is 2.25. The zero-order chi connectivity index (χ0) is 23.2. The maximum Gasteiger partial charge on any atom is 0.225 e. The first-order valence-electron chi connectivity index (χ1n) is 12.5. The summed E-state index contributed by atoms with van der Waals surface area (Å²) in [6.07, 6.45) is 8.10. The standard InChI is InChI=1S/C26H37N5O2/c1-19-25(20(2)31(29-19)23-11-7-4-8-12-23)28-24(32)15-18-30-16-13-22(14-17-30)27-26(33)21-9-5-3-6-10-21/h4,7-8,11-12,21-22H,3,5-6,9-10,13-18H2,1-2H3,(H,27,33)(H,28,32). The van der Waals surface area contributed by atoms with E-state index in [9.17, 15) is 9.59 Å². The van der Waals surface area contributed by atoms with Crippen molar-refractivity contribution >= 4 is 17.5 Å². The van der Waals surface area contributed by atoms with Crippen molar-refractivity contribution in [2.24, 2.45) is 5.92 Å². The van der Waals surface area contributed by atoms with E-state index in [4.69, 9.17) is 0 Å². The number of nitrogens with zero attached hydrogens (tertiary/aromatic N) is 3. The minimum atomic E-state index is 0.0153. The summed E-state index contributed by atoms with van der Waals surface area (Å²) < 4.78 is 1.87. The molecule has 2 heterocycles. The molecule has 2 N–H and O–H groups in total. The average molecular weight is 452 g/mol. The molecule has 1 saturated heterocycles. The van der Waals surface area contributed by atoms with Gasteiger partial charge in [0.1, 0.15) is 0 Å². The predicted molar refractivity (Wildman–Crippen MR) is 130 cm³/mol. The lowest BCUT2D eigenvalue weighted by Gasteiger charge is -2.33. The maximum absolute atomic E-state index is 12.7. The van der Waals surface area contributed by atoms with Crippen LogP contribution in [0, 0.1) is 19.8 Å². The van der Waals surface area contributed by atoms with Crippen molar-refractivity contribution in [3.63, 3.8) is 0 Å². The number of aromatic nitrogens is 2. The molecule has 0 atom stereocenters. The Morgan fingerprint density at radius 3 is 2.39 bits per heavy atom. The van der Waals surface area contributed by atoms with E-state index < -0.39 is 0 Å². The van der Waals surface area contributed by atoms with E-state index >= 15 is 0 Å². The molecule has 2 aromatic rings. The molecule has 2 aliphatic rings. The molecule has 2 amide bonds. The van der Waals surface area contributed by atoms with Gasteiger partial charge in [-0.1, -0.05) is 37.5 Å². The number of likely N-dealkylation sites (tertiary alicyclic amines) is 1. The molecular formula is C26H37N5O2. The summed E-state index contributed by atoms with van der Waals surface area (Å²) in [5.74, 6) is 0.495. The zero-order valence-electron chi connectivity index (χ0n) is 20.0. The molecule has 1 aromatic carbocycles. The maximum atomic E-state index is 12.7. The minimum absolute atomic E-state index is 0.0153. The van der Waals surface area contributed by atoms with Gasteiger partial charge in [0, 0.05) is 38.0 Å². The Morgan fingerprint density at radius 2 is 1.70 bits per heavy atom. The summed E-state index contributed by atoms with van der Waals surface area (Å²) >= 11 is 0. The third kappa shape index (κ3) is 6.02. The summed E-state index contributed by atoms with van der Waals surface area (Å²) in [6, 6.07) is 10.2. The topological polar surface area (TPSA) is 79.3 Å². The molecule has 1 aliphatic carbocycles. The van der Waals surface area contributed by atoms with Crippen LogP contribution in [0.3, 0.4) is 0 Å². The first-order valence-corrected chi connectivity index (χ1v) is 12.5. The molecule has 7 heteroatoms. The van der Waals surface area contributed by atoms with Crippen molar-refractivity contribution in [1.82, 2.24) is 20.0 Å². The number of rotatable bonds is 7. The summed E-state index contributed by atoms with van der Waals surface area (Å²) in [4.78, 5) is 27.5. The second-order valence-electron chi connectivity index (χ2n) is 9.55. The molecule has 1 aromatic heterocycles. The molecule has 0 spiro atoms. The number of hydrogen-bond donors (Lipinski definition) is 2. The number of hydrogen-bond acceptors (Lipinski definition) is 4. The van der Waals surface area contributed by atoms with Gasteiger partial charge in [0.25, 0.3) is 0 Å². The molecule has 2 fully saturated rings. The van der Waals surface area contributed by atoms with Crippen LogP contribution in [0.2, 0.25) is 0 Å². The molecular weight excluding hydrogens is 414 g/mol. The van der Waals surface area contributed by atoms with Gasteiger partial charge in [0.05, 0.1) is 22.8 Å². The highest BCUT2D eigenvalue weighted by atomic mass is 16.2. The SMILES string of the molecule is Cc1nn(-c2ccccc2)c(C)c1NC(=O)CCN1CCC(NC(=O)C2CCCCC2)CC1. The van der Waals surface area contributed by atoms with Crippen molar-refractivity contribution in [3.8, 4) is 5.69 Å². The first-order chi connectivity index (χ1) is 16.0. The Kier molecular flexibility index (Phi) is 7.81. The Hall–Kier alpha value is -2.67. The van der Waals surface area contributed by atoms with Gasteiger partial charge in [-0.25, -0.2) is 4.68 Å². The highest BCUT2D eigenvalue weighted by Gasteiger charge is 2.26. The third-order valence-electron chi connectivity index (χ3n) is 7.12. The molecule has 1 saturated carbocycles. The fraction of sp³-hybridized carbons (Fsp3) is 0.577. The van der Waals surface area contributed by atoms with Crippen molar-refractivity contribution in [2.45, 2.75) is 71.3 Å². The second-order valence-corrected chi connectivity index (χ2v) is 9.55. The lowest BCUT2D eigenvalue weighted by atomic mass is 9.88. The van der Waals surface area contributed by atoms with Gasteiger partial charge >= 0.3 is 0 Å². The summed E-state index contributed by atoms with van der Waals surface area (Å²) in [6.45, 7) is 6.49. The van der Waals surface area contributed by atoms with Crippen LogP contribution in [0.15, 0.2) is 30.3 Å². The van der Waals surface area contributed by atoms with Crippen molar-refractivity contribution < 1.29 is 9.59 Å². The molecule has 0 unspecified atom stereocenters. The summed E-state index contributed by atoms with van der Waals surface area (Å²) in [5, 5.41) is 11.0. The Bertz CT molecular complexity index is 941. The summed E-state index contributed by atoms with van der Waals surface area (Å²) in [5.41, 5.74) is 3.53. The average Bonchev–Trinajstić information content (AvgIpc) is 3.13. The minimum Gasteiger partial charge on any atom is -0.353 e. The zero-order valence-corrected chi connectivity index (χ0v) is 20.0. The molecule has 7 nitrogen and oxygen atoms in total. The van der Waals surface area contributed by atoms with Crippen molar-refractivity contribution in [3.05, 3.63) is 41.7 Å². The van der Waals surface area contributed by atoms with E-state index in [1.807, 2.05) is 48.9 Å². The van der Waals surface area contributed by atoms with Crippen molar-refractivity contribution in [1.29, 1.82) is 0 Å². The van der Waals surface area contributed by atoms with Gasteiger partial charge in [-0.3, -0.25) is 9.59 Å². The predicted octanol–water partition coefficient (Wildman–Crippen LogP) is 3.98. The fourth-order valence-corrected chi connectivity index (χ4v) is 5.09. The quantitative estimate of drug-likeness (QED) is 0.667. The van der Waals surface area contributed by atoms with Crippen LogP contribution in [-0.2, 0) is 9.59 Å². The van der Waals surface area contributed by atoms with E-state index in [1.165, 1.54) is 19.3 Å². The normalized spacial score (nSPS) is 18.2. The molecule has 0 radical (unpaired) electrons. The number of aryl methyl sites for hydroxylation is 1. The number of benzene rings is 1. The Balaban J connectivity index is 1.21. The molecule has 0 bridgehead atoms. The Labute approximate surface area is 196 Å². The number of nitrogens with one attached hydrogen (secondary N) is 2. The van der Waals surface area contributed by atoms with Gasteiger partial charge in [-0.2, -0.15) is 5.10 Å². The van der Waals surface area contributed by atoms with Gasteiger partial charge in [-0.15, -0.1) is 0 Å². The van der Waals surface area contributed by atoms with Crippen LogP contribution in [0.5, 0.6) is 0 Å². The number of carbonyl (C=O) groups is 2. The lowest BCUT2D eigenvalue weighted by molar-refractivity contribution is -0.127. The van der Waals surface area contributed by atoms with Crippen molar-refractivity contribution in [2.75, 3.05) is 25.0 Å². The molecule has 1 aliphatic heterocycles. The molecule has 4 rings (SSSR count). The summed E-state index contributed by atoms with van der Waals surface area (Å²) in [7, 11) is 0. The smallest absolute Gasteiger partial charge is 0.225 e. The number of piperidine rings is 1. The fourth-order valence-electron chi connectivity index (χ4n) is 5.09. The van der Waals surface area contributed by atoms with Gasteiger partial charge in [-0.05, 0) is 51.7 Å². The number of anilines is 1. The Morgan fingerprint density at radius 1 is 1.00 bits per heavy atom. The van der Waals surface area contributed by atoms with Gasteiger partial charge in [0.15, 0.2) is 0 Å². The number of para-hydroxylation sites is 1. The van der Waals surface area contributed by atoms with Gasteiger partial charge in [0.2, 0.25) is 11.8 Å². The molecule has 178 valence electrons. The van der Waals surface area contributed by atoms with E-state index in [0.717, 1.165) is 68.1 Å². The first kappa shape index (κ1) is 23.5. The second kappa shape index (κ2) is 11.0. The van der Waals surface area contributed by atoms with Crippen LogP contribution < -0.4 is 10.6 Å². The lowest BCUT2D eigenvalue weighted by Crippen LogP contribution is -2.47.